The summed E-state index contributed by atoms with van der Waals surface area (Å²) in [4.78, 5) is 19.1. The molecule has 6 nitrogen and oxygen atoms in total. The molecule has 0 amide bonds. The smallest absolute Gasteiger partial charge is 0.290 e. The molecule has 0 aromatic carbocycles. The van der Waals surface area contributed by atoms with Gasteiger partial charge in [-0.3, -0.25) is 4.79 Å². The Morgan fingerprint density at radius 1 is 1.29 bits per heavy atom. The predicted octanol–water partition coefficient (Wildman–Crippen LogP) is 2.66. The lowest BCUT2D eigenvalue weighted by Gasteiger charge is -2.29. The Balaban J connectivity index is 1.75. The quantitative estimate of drug-likeness (QED) is 0.587. The number of nitrogens with zero attached hydrogens (tertiary/aromatic N) is 4. The molecule has 128 valence electrons. The number of anilines is 2. The van der Waals surface area contributed by atoms with Crippen LogP contribution in [0.5, 0.6) is 0 Å². The molecular formula is C17H22IN5O. The van der Waals surface area contributed by atoms with E-state index in [2.05, 4.69) is 56.0 Å². The second-order valence-electron chi connectivity index (χ2n) is 6.29. The fraction of sp³-hybridized carbons (Fsp3) is 0.471. The van der Waals surface area contributed by atoms with Crippen molar-refractivity contribution < 1.29 is 0 Å². The van der Waals surface area contributed by atoms with Crippen LogP contribution in [0.1, 0.15) is 30.0 Å². The van der Waals surface area contributed by atoms with Crippen LogP contribution in [0.2, 0.25) is 0 Å². The second kappa shape index (κ2) is 7.60. The standard InChI is InChI=1S/C17H22IN5O/c1-22-7-5-12(6-8-22)13-3-4-16(19-11-13)20-15-9-14(10-18)21-23(2)17(15)24/h3-4,9,11-12H,5-8,10H2,1-2H3,(H,19,20). The van der Waals surface area contributed by atoms with E-state index in [1.165, 1.54) is 23.1 Å². The van der Waals surface area contributed by atoms with Gasteiger partial charge < -0.3 is 10.2 Å². The van der Waals surface area contributed by atoms with E-state index >= 15 is 0 Å². The molecule has 0 unspecified atom stereocenters. The van der Waals surface area contributed by atoms with Crippen LogP contribution in [-0.4, -0.2) is 39.8 Å². The van der Waals surface area contributed by atoms with Crippen molar-refractivity contribution in [3.8, 4) is 0 Å². The Hall–Kier alpha value is -1.48. The van der Waals surface area contributed by atoms with E-state index in [0.717, 1.165) is 23.2 Å². The largest absolute Gasteiger partial charge is 0.336 e. The molecule has 1 aliphatic rings. The van der Waals surface area contributed by atoms with Gasteiger partial charge in [-0.25, -0.2) is 9.67 Å². The van der Waals surface area contributed by atoms with Crippen molar-refractivity contribution in [3.63, 3.8) is 0 Å². The van der Waals surface area contributed by atoms with Crippen LogP contribution in [0.4, 0.5) is 11.5 Å². The summed E-state index contributed by atoms with van der Waals surface area (Å²) in [5.74, 6) is 1.27. The second-order valence-corrected chi connectivity index (χ2v) is 7.05. The van der Waals surface area contributed by atoms with Crippen LogP contribution in [0.3, 0.4) is 0 Å². The Morgan fingerprint density at radius 2 is 2.04 bits per heavy atom. The number of aryl methyl sites for hydroxylation is 1. The summed E-state index contributed by atoms with van der Waals surface area (Å²) < 4.78 is 2.12. The van der Waals surface area contributed by atoms with Crippen LogP contribution in [-0.2, 0) is 11.5 Å². The highest BCUT2D eigenvalue weighted by Crippen LogP contribution is 2.27. The number of rotatable bonds is 4. The zero-order valence-electron chi connectivity index (χ0n) is 14.0. The minimum absolute atomic E-state index is 0.148. The first-order valence-corrected chi connectivity index (χ1v) is 9.64. The van der Waals surface area contributed by atoms with E-state index in [1.807, 2.05) is 12.3 Å². The van der Waals surface area contributed by atoms with Crippen molar-refractivity contribution in [2.75, 3.05) is 25.5 Å². The first-order valence-electron chi connectivity index (χ1n) is 8.11. The number of aromatic nitrogens is 3. The summed E-state index contributed by atoms with van der Waals surface area (Å²) in [6.45, 7) is 2.27. The summed E-state index contributed by atoms with van der Waals surface area (Å²) in [6.07, 6.45) is 4.28. The molecule has 24 heavy (non-hydrogen) atoms. The number of pyridine rings is 1. The molecule has 0 radical (unpaired) electrons. The molecular weight excluding hydrogens is 417 g/mol. The van der Waals surface area contributed by atoms with Crippen molar-refractivity contribution in [1.29, 1.82) is 0 Å². The number of halogens is 1. The normalized spacial score (nSPS) is 16.3. The maximum atomic E-state index is 12.2. The van der Waals surface area contributed by atoms with Gasteiger partial charge in [0.1, 0.15) is 11.5 Å². The fourth-order valence-corrected chi connectivity index (χ4v) is 3.40. The van der Waals surface area contributed by atoms with E-state index < -0.39 is 0 Å². The van der Waals surface area contributed by atoms with Crippen molar-refractivity contribution in [3.05, 3.63) is 46.0 Å². The molecule has 0 aliphatic carbocycles. The Bertz CT molecular complexity index is 751. The summed E-state index contributed by atoms with van der Waals surface area (Å²) in [5.41, 5.74) is 2.51. The third kappa shape index (κ3) is 3.94. The predicted molar refractivity (Wildman–Crippen MR) is 104 cm³/mol. The Kier molecular flexibility index (Phi) is 5.50. The highest BCUT2D eigenvalue weighted by Gasteiger charge is 2.18. The highest BCUT2D eigenvalue weighted by atomic mass is 127. The van der Waals surface area contributed by atoms with E-state index in [-0.39, 0.29) is 5.56 Å². The third-order valence-corrected chi connectivity index (χ3v) is 5.27. The Labute approximate surface area is 155 Å². The highest BCUT2D eigenvalue weighted by molar-refractivity contribution is 14.1. The molecule has 0 atom stereocenters. The number of hydrogen-bond acceptors (Lipinski definition) is 5. The van der Waals surface area contributed by atoms with Gasteiger partial charge in [-0.15, -0.1) is 0 Å². The van der Waals surface area contributed by atoms with E-state index in [4.69, 9.17) is 0 Å². The van der Waals surface area contributed by atoms with Crippen molar-refractivity contribution >= 4 is 34.1 Å². The molecule has 0 spiro atoms. The number of piperidine rings is 1. The Morgan fingerprint density at radius 3 is 2.67 bits per heavy atom. The number of alkyl halides is 1. The van der Waals surface area contributed by atoms with E-state index in [1.54, 1.807) is 13.1 Å². The van der Waals surface area contributed by atoms with E-state index in [9.17, 15) is 4.79 Å². The van der Waals surface area contributed by atoms with Crippen molar-refractivity contribution in [1.82, 2.24) is 19.7 Å². The first kappa shape index (κ1) is 17.3. The van der Waals surface area contributed by atoms with Crippen LogP contribution in [0.15, 0.2) is 29.2 Å². The van der Waals surface area contributed by atoms with Crippen molar-refractivity contribution in [2.24, 2.45) is 7.05 Å². The van der Waals surface area contributed by atoms with Gasteiger partial charge in [0, 0.05) is 17.7 Å². The molecule has 1 aliphatic heterocycles. The zero-order chi connectivity index (χ0) is 17.1. The van der Waals surface area contributed by atoms with Gasteiger partial charge in [0.15, 0.2) is 0 Å². The van der Waals surface area contributed by atoms with Gasteiger partial charge >= 0.3 is 0 Å². The molecule has 1 saturated heterocycles. The van der Waals surface area contributed by atoms with Gasteiger partial charge in [0.2, 0.25) is 0 Å². The first-order chi connectivity index (χ1) is 11.6. The maximum Gasteiger partial charge on any atom is 0.290 e. The molecule has 3 rings (SSSR count). The maximum absolute atomic E-state index is 12.2. The lowest BCUT2D eigenvalue weighted by Crippen LogP contribution is -2.29. The molecule has 0 bridgehead atoms. The fourth-order valence-electron chi connectivity index (χ4n) is 3.03. The average molecular weight is 439 g/mol. The summed E-state index contributed by atoms with van der Waals surface area (Å²) in [5, 5.41) is 7.34. The van der Waals surface area contributed by atoms with Crippen LogP contribution in [0, 0.1) is 0 Å². The summed E-state index contributed by atoms with van der Waals surface area (Å²) in [7, 11) is 3.83. The van der Waals surface area contributed by atoms with Gasteiger partial charge in [-0.05, 0) is 56.6 Å². The molecule has 2 aromatic heterocycles. The van der Waals surface area contributed by atoms with Gasteiger partial charge in [0.25, 0.3) is 5.56 Å². The summed E-state index contributed by atoms with van der Waals surface area (Å²) in [6, 6.07) is 5.87. The van der Waals surface area contributed by atoms with Crippen LogP contribution in [0.25, 0.3) is 0 Å². The molecule has 2 aromatic rings. The van der Waals surface area contributed by atoms with E-state index in [0.29, 0.717) is 17.4 Å². The van der Waals surface area contributed by atoms with Gasteiger partial charge in [-0.2, -0.15) is 5.10 Å². The van der Waals surface area contributed by atoms with Crippen LogP contribution < -0.4 is 10.9 Å². The minimum Gasteiger partial charge on any atom is -0.336 e. The zero-order valence-corrected chi connectivity index (χ0v) is 16.2. The topological polar surface area (TPSA) is 63.1 Å². The van der Waals surface area contributed by atoms with Gasteiger partial charge in [-0.1, -0.05) is 28.7 Å². The molecule has 7 heteroatoms. The molecule has 3 heterocycles. The van der Waals surface area contributed by atoms with Crippen LogP contribution >= 0.6 is 22.6 Å². The number of nitrogens with one attached hydrogen (secondary N) is 1. The average Bonchev–Trinajstić information content (AvgIpc) is 2.60. The third-order valence-electron chi connectivity index (χ3n) is 4.49. The molecule has 0 saturated carbocycles. The van der Waals surface area contributed by atoms with Gasteiger partial charge in [0.05, 0.1) is 5.69 Å². The number of hydrogen-bond donors (Lipinski definition) is 1. The monoisotopic (exact) mass is 439 g/mol. The number of likely N-dealkylation sites (tertiary alicyclic amines) is 1. The SMILES string of the molecule is CN1CCC(c2ccc(Nc3cc(CI)nn(C)c3=O)nc2)CC1. The van der Waals surface area contributed by atoms with Crippen molar-refractivity contribution in [2.45, 2.75) is 23.2 Å². The minimum atomic E-state index is -0.148. The summed E-state index contributed by atoms with van der Waals surface area (Å²) >= 11 is 2.24. The molecule has 1 N–H and O–H groups in total. The lowest BCUT2D eigenvalue weighted by molar-refractivity contribution is 0.255. The lowest BCUT2D eigenvalue weighted by atomic mass is 9.91. The molecule has 1 fully saturated rings.